The summed E-state index contributed by atoms with van der Waals surface area (Å²) >= 11 is 0. The molecule has 0 radical (unpaired) electrons. The molecular formula is C13H20N2O3. The lowest BCUT2D eigenvalue weighted by Gasteiger charge is -2.29. The first-order valence-electron chi connectivity index (χ1n) is 6.21. The van der Waals surface area contributed by atoms with E-state index in [4.69, 9.17) is 10.5 Å². The molecule has 5 heteroatoms. The minimum Gasteiger partial charge on any atom is -0.389 e. The van der Waals surface area contributed by atoms with Crippen molar-refractivity contribution in [1.82, 2.24) is 0 Å². The molecule has 1 fully saturated rings. The molecule has 0 aromatic heterocycles. The van der Waals surface area contributed by atoms with Crippen molar-refractivity contribution in [3.8, 4) is 0 Å². The molecule has 1 aliphatic heterocycles. The first-order chi connectivity index (χ1) is 8.72. The summed E-state index contributed by atoms with van der Waals surface area (Å²) < 4.78 is 5.30. The largest absolute Gasteiger partial charge is 0.389 e. The molecule has 4 N–H and O–H groups in total. The van der Waals surface area contributed by atoms with E-state index in [9.17, 15) is 10.2 Å². The molecular weight excluding hydrogens is 232 g/mol. The number of nitrogens with two attached hydrogens (primary N) is 1. The van der Waals surface area contributed by atoms with Gasteiger partial charge in [-0.1, -0.05) is 12.1 Å². The van der Waals surface area contributed by atoms with Crippen LogP contribution in [-0.4, -0.2) is 49.2 Å². The summed E-state index contributed by atoms with van der Waals surface area (Å²) in [7, 11) is 0. The first-order valence-corrected chi connectivity index (χ1v) is 6.21. The predicted octanol–water partition coefficient (Wildman–Crippen LogP) is -0.124. The standard InChI is InChI=1S/C13H20N2O3/c14-9-12(16)13(17)10-1-3-11(4-2-10)15-5-7-18-8-6-15/h1-4,12-13,16-17H,5-9,14H2. The number of ether oxygens (including phenoxy) is 1. The molecule has 1 heterocycles. The normalized spacial score (nSPS) is 19.6. The van der Waals surface area contributed by atoms with Crippen LogP contribution < -0.4 is 10.6 Å². The van der Waals surface area contributed by atoms with Gasteiger partial charge in [0.15, 0.2) is 0 Å². The third-order valence-corrected chi connectivity index (χ3v) is 3.22. The Bertz CT molecular complexity index is 342. The van der Waals surface area contributed by atoms with E-state index in [1.807, 2.05) is 24.3 Å². The van der Waals surface area contributed by atoms with Crippen LogP contribution >= 0.6 is 0 Å². The third kappa shape index (κ3) is 3.00. The monoisotopic (exact) mass is 252 g/mol. The van der Waals surface area contributed by atoms with Crippen molar-refractivity contribution in [3.63, 3.8) is 0 Å². The number of hydrogen-bond acceptors (Lipinski definition) is 5. The van der Waals surface area contributed by atoms with Gasteiger partial charge in [-0.25, -0.2) is 0 Å². The second-order valence-corrected chi connectivity index (χ2v) is 4.44. The van der Waals surface area contributed by atoms with Crippen molar-refractivity contribution < 1.29 is 14.9 Å². The fraction of sp³-hybridized carbons (Fsp3) is 0.538. The summed E-state index contributed by atoms with van der Waals surface area (Å²) in [5.41, 5.74) is 7.12. The van der Waals surface area contributed by atoms with Crippen LogP contribution in [0.25, 0.3) is 0 Å². The molecule has 1 aromatic carbocycles. The molecule has 0 bridgehead atoms. The highest BCUT2D eigenvalue weighted by atomic mass is 16.5. The van der Waals surface area contributed by atoms with Crippen molar-refractivity contribution in [2.24, 2.45) is 5.73 Å². The zero-order chi connectivity index (χ0) is 13.0. The van der Waals surface area contributed by atoms with E-state index in [0.717, 1.165) is 32.0 Å². The van der Waals surface area contributed by atoms with E-state index in [1.54, 1.807) is 0 Å². The molecule has 0 amide bonds. The molecule has 1 aliphatic rings. The Balaban J connectivity index is 2.04. The van der Waals surface area contributed by atoms with Gasteiger partial charge in [-0.3, -0.25) is 0 Å². The Morgan fingerprint density at radius 1 is 1.17 bits per heavy atom. The van der Waals surface area contributed by atoms with Crippen LogP contribution in [0.4, 0.5) is 5.69 Å². The lowest BCUT2D eigenvalue weighted by molar-refractivity contribution is 0.0243. The maximum absolute atomic E-state index is 9.83. The van der Waals surface area contributed by atoms with E-state index < -0.39 is 12.2 Å². The van der Waals surface area contributed by atoms with Gasteiger partial charge in [-0.05, 0) is 17.7 Å². The Labute approximate surface area is 107 Å². The molecule has 5 nitrogen and oxygen atoms in total. The summed E-state index contributed by atoms with van der Waals surface area (Å²) in [5.74, 6) is 0. The number of aliphatic hydroxyl groups is 2. The van der Waals surface area contributed by atoms with Crippen molar-refractivity contribution in [1.29, 1.82) is 0 Å². The number of aliphatic hydroxyl groups excluding tert-OH is 2. The van der Waals surface area contributed by atoms with Crippen LogP contribution in [0, 0.1) is 0 Å². The highest BCUT2D eigenvalue weighted by Gasteiger charge is 2.17. The quantitative estimate of drug-likeness (QED) is 0.696. The molecule has 1 saturated heterocycles. The summed E-state index contributed by atoms with van der Waals surface area (Å²) in [6.45, 7) is 3.31. The van der Waals surface area contributed by atoms with E-state index >= 15 is 0 Å². The molecule has 100 valence electrons. The zero-order valence-electron chi connectivity index (χ0n) is 10.3. The van der Waals surface area contributed by atoms with Crippen LogP contribution in [0.3, 0.4) is 0 Å². The molecule has 0 spiro atoms. The Morgan fingerprint density at radius 3 is 2.33 bits per heavy atom. The van der Waals surface area contributed by atoms with Gasteiger partial charge in [-0.2, -0.15) is 0 Å². The van der Waals surface area contributed by atoms with Gasteiger partial charge >= 0.3 is 0 Å². The average molecular weight is 252 g/mol. The molecule has 2 unspecified atom stereocenters. The van der Waals surface area contributed by atoms with Crippen LogP contribution in [0.15, 0.2) is 24.3 Å². The molecule has 1 aromatic rings. The lowest BCUT2D eigenvalue weighted by Crippen LogP contribution is -2.36. The minimum absolute atomic E-state index is 0.0480. The Hall–Kier alpha value is -1.14. The zero-order valence-corrected chi connectivity index (χ0v) is 10.3. The van der Waals surface area contributed by atoms with Crippen molar-refractivity contribution in [2.45, 2.75) is 12.2 Å². The number of benzene rings is 1. The van der Waals surface area contributed by atoms with Gasteiger partial charge in [0.05, 0.1) is 19.3 Å². The summed E-state index contributed by atoms with van der Waals surface area (Å²) in [6, 6.07) is 7.56. The van der Waals surface area contributed by atoms with Crippen LogP contribution in [-0.2, 0) is 4.74 Å². The van der Waals surface area contributed by atoms with Gasteiger partial charge in [0.1, 0.15) is 6.10 Å². The second kappa shape index (κ2) is 6.15. The summed E-state index contributed by atoms with van der Waals surface area (Å²) in [6.07, 6.45) is -1.84. The molecule has 0 aliphatic carbocycles. The van der Waals surface area contributed by atoms with E-state index in [2.05, 4.69) is 4.90 Å². The molecule has 0 saturated carbocycles. The van der Waals surface area contributed by atoms with Crippen molar-refractivity contribution in [2.75, 3.05) is 37.7 Å². The number of anilines is 1. The maximum Gasteiger partial charge on any atom is 0.106 e. The fourth-order valence-corrected chi connectivity index (χ4v) is 2.05. The van der Waals surface area contributed by atoms with Gasteiger partial charge in [0, 0.05) is 25.3 Å². The van der Waals surface area contributed by atoms with Crippen LogP contribution in [0.5, 0.6) is 0 Å². The van der Waals surface area contributed by atoms with Crippen LogP contribution in [0.2, 0.25) is 0 Å². The highest BCUT2D eigenvalue weighted by molar-refractivity contribution is 5.48. The van der Waals surface area contributed by atoms with E-state index in [-0.39, 0.29) is 6.54 Å². The maximum atomic E-state index is 9.83. The number of morpholine rings is 1. The Kier molecular flexibility index (Phi) is 4.54. The summed E-state index contributed by atoms with van der Waals surface area (Å²) in [5, 5.41) is 19.3. The van der Waals surface area contributed by atoms with Gasteiger partial charge in [0.25, 0.3) is 0 Å². The van der Waals surface area contributed by atoms with Crippen molar-refractivity contribution >= 4 is 5.69 Å². The van der Waals surface area contributed by atoms with Crippen LogP contribution in [0.1, 0.15) is 11.7 Å². The average Bonchev–Trinajstić information content (AvgIpc) is 2.47. The summed E-state index contributed by atoms with van der Waals surface area (Å²) in [4.78, 5) is 2.24. The first kappa shape index (κ1) is 13.3. The third-order valence-electron chi connectivity index (χ3n) is 3.22. The SMILES string of the molecule is NCC(O)C(O)c1ccc(N2CCOCC2)cc1. The highest BCUT2D eigenvalue weighted by Crippen LogP contribution is 2.21. The van der Waals surface area contributed by atoms with E-state index in [1.165, 1.54) is 0 Å². The van der Waals surface area contributed by atoms with E-state index in [0.29, 0.717) is 5.56 Å². The second-order valence-electron chi connectivity index (χ2n) is 4.44. The molecule has 2 rings (SSSR count). The topological polar surface area (TPSA) is 79.0 Å². The number of rotatable bonds is 4. The lowest BCUT2D eigenvalue weighted by atomic mass is 10.0. The minimum atomic E-state index is -0.922. The fourth-order valence-electron chi connectivity index (χ4n) is 2.05. The Morgan fingerprint density at radius 2 is 1.78 bits per heavy atom. The van der Waals surface area contributed by atoms with Gasteiger partial charge in [0.2, 0.25) is 0 Å². The number of nitrogens with zero attached hydrogens (tertiary/aromatic N) is 1. The molecule has 2 atom stereocenters. The van der Waals surface area contributed by atoms with Crippen molar-refractivity contribution in [3.05, 3.63) is 29.8 Å². The number of hydrogen-bond donors (Lipinski definition) is 3. The predicted molar refractivity (Wildman–Crippen MR) is 69.5 cm³/mol. The smallest absolute Gasteiger partial charge is 0.106 e. The van der Waals surface area contributed by atoms with Gasteiger partial charge < -0.3 is 25.6 Å². The van der Waals surface area contributed by atoms with Gasteiger partial charge in [-0.15, -0.1) is 0 Å². The molecule has 18 heavy (non-hydrogen) atoms.